The van der Waals surface area contributed by atoms with Crippen LogP contribution in [0.5, 0.6) is 0 Å². The van der Waals surface area contributed by atoms with E-state index in [1.165, 1.54) is 6.26 Å². The molecule has 1 N–H and O–H groups in total. The molecule has 0 aliphatic carbocycles. The number of hydrogen-bond donors (Lipinski definition) is 1. The molecule has 2 rings (SSSR count). The Morgan fingerprint density at radius 3 is 2.57 bits per heavy atom. The van der Waals surface area contributed by atoms with Crippen molar-refractivity contribution < 1.29 is 18.0 Å². The molecule has 0 saturated heterocycles. The quantitative estimate of drug-likeness (QED) is 0.741. The lowest BCUT2D eigenvalue weighted by molar-refractivity contribution is 0.211. The van der Waals surface area contributed by atoms with E-state index in [2.05, 4.69) is 10.3 Å². The first-order valence-electron chi connectivity index (χ1n) is 6.78. The van der Waals surface area contributed by atoms with Crippen molar-refractivity contribution in [1.82, 2.24) is 4.98 Å². The van der Waals surface area contributed by atoms with Crippen molar-refractivity contribution in [1.29, 1.82) is 0 Å². The molecule has 7 heteroatoms. The molecule has 21 heavy (non-hydrogen) atoms. The van der Waals surface area contributed by atoms with Gasteiger partial charge in [0.2, 0.25) is 0 Å². The Labute approximate surface area is 124 Å². The number of nitrogens with zero attached hydrogens (tertiary/aromatic N) is 1. The predicted octanol–water partition coefficient (Wildman–Crippen LogP) is 4.05. The summed E-state index contributed by atoms with van der Waals surface area (Å²) in [6.45, 7) is 4.11. The van der Waals surface area contributed by atoms with E-state index >= 15 is 0 Å². The standard InChI is InChI=1S/C14H19N2O4P/c1-3-19-21(17,20-4-2)14(13-8-6-10-18-13)16-12-7-5-9-15-11-12/h5-11,14,16H,3-4H2,1-2H3. The summed E-state index contributed by atoms with van der Waals surface area (Å²) in [7, 11) is -3.42. The second kappa shape index (κ2) is 7.41. The van der Waals surface area contributed by atoms with E-state index in [-0.39, 0.29) is 13.2 Å². The van der Waals surface area contributed by atoms with Gasteiger partial charge in [0.05, 0.1) is 25.2 Å². The van der Waals surface area contributed by atoms with Crippen LogP contribution in [0.15, 0.2) is 47.3 Å². The van der Waals surface area contributed by atoms with Crippen molar-refractivity contribution in [2.75, 3.05) is 18.5 Å². The zero-order valence-corrected chi connectivity index (χ0v) is 13.0. The maximum atomic E-state index is 13.0. The van der Waals surface area contributed by atoms with Gasteiger partial charge in [-0.3, -0.25) is 9.55 Å². The molecule has 0 spiro atoms. The van der Waals surface area contributed by atoms with Gasteiger partial charge in [0.1, 0.15) is 5.76 Å². The van der Waals surface area contributed by atoms with Gasteiger partial charge in [-0.15, -0.1) is 0 Å². The van der Waals surface area contributed by atoms with E-state index in [9.17, 15) is 4.57 Å². The Morgan fingerprint density at radius 1 is 1.29 bits per heavy atom. The largest absolute Gasteiger partial charge is 0.466 e. The fraction of sp³-hybridized carbons (Fsp3) is 0.357. The molecule has 6 nitrogen and oxygen atoms in total. The van der Waals surface area contributed by atoms with Crippen molar-refractivity contribution in [3.05, 3.63) is 48.7 Å². The van der Waals surface area contributed by atoms with Crippen LogP contribution in [-0.4, -0.2) is 18.2 Å². The van der Waals surface area contributed by atoms with Crippen LogP contribution in [0, 0.1) is 0 Å². The Bertz CT molecular complexity index is 564. The minimum atomic E-state index is -3.42. The lowest BCUT2D eigenvalue weighted by Crippen LogP contribution is -2.14. The van der Waals surface area contributed by atoms with Crippen LogP contribution in [0.25, 0.3) is 0 Å². The van der Waals surface area contributed by atoms with E-state index in [4.69, 9.17) is 13.5 Å². The Balaban J connectivity index is 2.33. The van der Waals surface area contributed by atoms with E-state index in [1.54, 1.807) is 44.4 Å². The highest BCUT2D eigenvalue weighted by Crippen LogP contribution is 2.60. The SMILES string of the molecule is CCOP(=O)(OCC)C(Nc1cccnc1)c1ccco1. The molecule has 114 valence electrons. The summed E-state index contributed by atoms with van der Waals surface area (Å²) in [5.41, 5.74) is 0.707. The summed E-state index contributed by atoms with van der Waals surface area (Å²) < 4.78 is 29.3. The van der Waals surface area contributed by atoms with Crippen molar-refractivity contribution in [3.63, 3.8) is 0 Å². The summed E-state index contributed by atoms with van der Waals surface area (Å²) >= 11 is 0. The van der Waals surface area contributed by atoms with Crippen LogP contribution in [0.2, 0.25) is 0 Å². The third-order valence-electron chi connectivity index (χ3n) is 2.71. The molecule has 0 amide bonds. The molecule has 2 aromatic rings. The predicted molar refractivity (Wildman–Crippen MR) is 80.2 cm³/mol. The normalized spacial score (nSPS) is 13.0. The third kappa shape index (κ3) is 3.94. The number of hydrogen-bond acceptors (Lipinski definition) is 6. The Morgan fingerprint density at radius 2 is 2.05 bits per heavy atom. The number of rotatable bonds is 8. The Hall–Kier alpha value is -1.62. The van der Waals surface area contributed by atoms with Crippen molar-refractivity contribution in [2.24, 2.45) is 0 Å². The Kier molecular flexibility index (Phi) is 5.56. The molecule has 0 radical (unpaired) electrons. The molecule has 1 unspecified atom stereocenters. The number of pyridine rings is 1. The van der Waals surface area contributed by atoms with Gasteiger partial charge in [-0.1, -0.05) is 0 Å². The second-order valence-electron chi connectivity index (χ2n) is 4.18. The van der Waals surface area contributed by atoms with Gasteiger partial charge in [-0.25, -0.2) is 0 Å². The molecule has 0 bridgehead atoms. The lowest BCUT2D eigenvalue weighted by Gasteiger charge is -2.26. The van der Waals surface area contributed by atoms with Gasteiger partial charge in [0, 0.05) is 12.4 Å². The van der Waals surface area contributed by atoms with Gasteiger partial charge < -0.3 is 18.8 Å². The first-order valence-corrected chi connectivity index (χ1v) is 8.39. The lowest BCUT2D eigenvalue weighted by atomic mass is 10.4. The summed E-state index contributed by atoms with van der Waals surface area (Å²) in [4.78, 5) is 4.03. The number of furan rings is 1. The summed E-state index contributed by atoms with van der Waals surface area (Å²) in [6.07, 6.45) is 4.82. The van der Waals surface area contributed by atoms with Crippen molar-refractivity contribution in [2.45, 2.75) is 19.6 Å². The fourth-order valence-electron chi connectivity index (χ4n) is 1.91. The highest BCUT2D eigenvalue weighted by molar-refractivity contribution is 7.54. The molecule has 0 aromatic carbocycles. The van der Waals surface area contributed by atoms with Gasteiger partial charge in [-0.2, -0.15) is 0 Å². The minimum Gasteiger partial charge on any atom is -0.466 e. The first-order chi connectivity index (χ1) is 10.2. The zero-order chi connectivity index (χ0) is 15.1. The average Bonchev–Trinajstić information content (AvgIpc) is 3.00. The molecule has 0 aliphatic rings. The van der Waals surface area contributed by atoms with E-state index in [1.807, 2.05) is 6.07 Å². The summed E-state index contributed by atoms with van der Waals surface area (Å²) in [5, 5.41) is 3.12. The zero-order valence-electron chi connectivity index (χ0n) is 12.1. The van der Waals surface area contributed by atoms with Crippen LogP contribution in [0.3, 0.4) is 0 Å². The van der Waals surface area contributed by atoms with Gasteiger partial charge in [-0.05, 0) is 38.1 Å². The second-order valence-corrected chi connectivity index (χ2v) is 6.29. The summed E-state index contributed by atoms with van der Waals surface area (Å²) in [5.74, 6) is -0.235. The molecule has 0 saturated carbocycles. The molecule has 2 aromatic heterocycles. The van der Waals surface area contributed by atoms with Crippen LogP contribution in [-0.2, 0) is 13.6 Å². The number of anilines is 1. The third-order valence-corrected chi connectivity index (χ3v) is 4.96. The monoisotopic (exact) mass is 310 g/mol. The van der Waals surface area contributed by atoms with Gasteiger partial charge >= 0.3 is 7.60 Å². The van der Waals surface area contributed by atoms with Crippen molar-refractivity contribution >= 4 is 13.3 Å². The maximum Gasteiger partial charge on any atom is 0.360 e. The molecule has 1 atom stereocenters. The van der Waals surface area contributed by atoms with Gasteiger partial charge in [0.25, 0.3) is 0 Å². The van der Waals surface area contributed by atoms with E-state index in [0.717, 1.165) is 0 Å². The minimum absolute atomic E-state index is 0.281. The average molecular weight is 310 g/mol. The molecular formula is C14H19N2O4P. The fourth-order valence-corrected chi connectivity index (χ4v) is 3.76. The van der Waals surface area contributed by atoms with Crippen LogP contribution in [0.1, 0.15) is 25.4 Å². The maximum absolute atomic E-state index is 13.0. The molecule has 0 aliphatic heterocycles. The molecular weight excluding hydrogens is 291 g/mol. The van der Waals surface area contributed by atoms with Crippen LogP contribution in [0.4, 0.5) is 5.69 Å². The first kappa shape index (κ1) is 15.8. The van der Waals surface area contributed by atoms with Crippen molar-refractivity contribution in [3.8, 4) is 0 Å². The van der Waals surface area contributed by atoms with E-state index < -0.39 is 13.4 Å². The molecule has 2 heterocycles. The number of aromatic nitrogens is 1. The summed E-state index contributed by atoms with van der Waals surface area (Å²) in [6, 6.07) is 7.08. The van der Waals surface area contributed by atoms with Crippen LogP contribution >= 0.6 is 7.60 Å². The highest BCUT2D eigenvalue weighted by atomic mass is 31.2. The van der Waals surface area contributed by atoms with Gasteiger partial charge in [0.15, 0.2) is 5.78 Å². The topological polar surface area (TPSA) is 73.6 Å². The van der Waals surface area contributed by atoms with Crippen LogP contribution < -0.4 is 5.32 Å². The van der Waals surface area contributed by atoms with E-state index in [0.29, 0.717) is 11.4 Å². The smallest absolute Gasteiger partial charge is 0.360 e. The highest BCUT2D eigenvalue weighted by Gasteiger charge is 2.39. The number of nitrogens with one attached hydrogen (secondary N) is 1. The molecule has 0 fully saturated rings.